The quantitative estimate of drug-likeness (QED) is 0.167. The summed E-state index contributed by atoms with van der Waals surface area (Å²) in [7, 11) is 0. The predicted molar refractivity (Wildman–Crippen MR) is 288 cm³/mol. The Morgan fingerprint density at radius 1 is 0.333 bits per heavy atom. The summed E-state index contributed by atoms with van der Waals surface area (Å²) in [5.74, 6) is 1.88. The van der Waals surface area contributed by atoms with Crippen LogP contribution in [0.2, 0.25) is 0 Å². The van der Waals surface area contributed by atoms with E-state index in [1.807, 2.05) is 0 Å². The number of hydrogen-bond donors (Lipinski definition) is 0. The number of rotatable bonds is 6. The number of hydrogen-bond acceptors (Lipinski definition) is 4. The molecule has 0 amide bonds. The van der Waals surface area contributed by atoms with Crippen LogP contribution in [0, 0.1) is 0 Å². The second kappa shape index (κ2) is 15.7. The summed E-state index contributed by atoms with van der Waals surface area (Å²) in [6.45, 7) is 9.57. The standard InChI is InChI=1S/C65H49N3O/c1-64(2)33-34-65(3,4)58-39-47(29-32-57(58)64)55-37-49(38-56-53-19-11-12-20-59(53)69-60(55)56)50-30-31-54(52-18-10-9-17-51(50)52)63-67-61(66-62(68-63)48-28-24-41-14-6-8-16-45(41)36-48)43-25-21-42(22-26-43)46-27-23-40-13-5-7-15-44(40)35-46/h5-32,35-39H,33-34H2,1-4H3. The van der Waals surface area contributed by atoms with Gasteiger partial charge in [0.2, 0.25) is 0 Å². The lowest BCUT2D eigenvalue weighted by atomic mass is 9.63. The van der Waals surface area contributed by atoms with Gasteiger partial charge >= 0.3 is 0 Å². The van der Waals surface area contributed by atoms with Crippen molar-refractivity contribution >= 4 is 54.3 Å². The smallest absolute Gasteiger partial charge is 0.164 e. The third-order valence-corrected chi connectivity index (χ3v) is 15.0. The maximum Gasteiger partial charge on any atom is 0.164 e. The molecule has 0 saturated carbocycles. The van der Waals surface area contributed by atoms with Crippen molar-refractivity contribution in [3.63, 3.8) is 0 Å². The van der Waals surface area contributed by atoms with Gasteiger partial charge in [-0.05, 0) is 131 Å². The largest absolute Gasteiger partial charge is 0.455 e. The highest BCUT2D eigenvalue weighted by atomic mass is 16.3. The van der Waals surface area contributed by atoms with E-state index in [1.165, 1.54) is 44.8 Å². The Hall–Kier alpha value is -8.21. The predicted octanol–water partition coefficient (Wildman–Crippen LogP) is 17.6. The van der Waals surface area contributed by atoms with Crippen LogP contribution in [0.15, 0.2) is 205 Å². The maximum absolute atomic E-state index is 6.77. The van der Waals surface area contributed by atoms with Crippen LogP contribution in [0.1, 0.15) is 51.7 Å². The number of benzene rings is 10. The van der Waals surface area contributed by atoms with E-state index in [9.17, 15) is 0 Å². The highest BCUT2D eigenvalue weighted by Gasteiger charge is 2.37. The van der Waals surface area contributed by atoms with Gasteiger partial charge in [-0.25, -0.2) is 15.0 Å². The molecule has 1 aliphatic rings. The molecule has 69 heavy (non-hydrogen) atoms. The van der Waals surface area contributed by atoms with Crippen molar-refractivity contribution in [2.24, 2.45) is 0 Å². The van der Waals surface area contributed by atoms with Gasteiger partial charge in [-0.2, -0.15) is 0 Å². The molecule has 0 saturated heterocycles. The molecule has 0 radical (unpaired) electrons. The van der Waals surface area contributed by atoms with Crippen molar-refractivity contribution in [3.8, 4) is 67.5 Å². The Balaban J connectivity index is 0.973. The van der Waals surface area contributed by atoms with Crippen molar-refractivity contribution in [2.45, 2.75) is 51.4 Å². The highest BCUT2D eigenvalue weighted by Crippen LogP contribution is 2.49. The summed E-state index contributed by atoms with van der Waals surface area (Å²) in [6, 6.07) is 71.9. The average molecular weight is 888 g/mol. The summed E-state index contributed by atoms with van der Waals surface area (Å²) in [5.41, 5.74) is 14.5. The second-order valence-electron chi connectivity index (χ2n) is 20.2. The van der Waals surface area contributed by atoms with Crippen LogP contribution in [0.25, 0.3) is 122 Å². The molecule has 0 atom stereocenters. The third kappa shape index (κ3) is 7.01. The number of para-hydroxylation sites is 1. The van der Waals surface area contributed by atoms with E-state index in [4.69, 9.17) is 19.4 Å². The normalized spacial score (nSPS) is 14.2. The number of furan rings is 1. The summed E-state index contributed by atoms with van der Waals surface area (Å²) >= 11 is 0. The van der Waals surface area contributed by atoms with Gasteiger partial charge in [0.15, 0.2) is 17.5 Å². The van der Waals surface area contributed by atoms with Crippen molar-refractivity contribution in [2.75, 3.05) is 0 Å². The number of fused-ring (bicyclic) bond motifs is 7. The average Bonchev–Trinajstić information content (AvgIpc) is 3.77. The van der Waals surface area contributed by atoms with Crippen molar-refractivity contribution in [1.82, 2.24) is 15.0 Å². The van der Waals surface area contributed by atoms with Gasteiger partial charge in [0.1, 0.15) is 11.2 Å². The molecule has 330 valence electrons. The molecule has 0 unspecified atom stereocenters. The molecule has 4 nitrogen and oxygen atoms in total. The molecule has 4 heteroatoms. The Morgan fingerprint density at radius 2 is 0.855 bits per heavy atom. The molecule has 0 spiro atoms. The number of nitrogens with zero attached hydrogens (tertiary/aromatic N) is 3. The van der Waals surface area contributed by atoms with Crippen molar-refractivity contribution < 1.29 is 4.42 Å². The van der Waals surface area contributed by atoms with Crippen LogP contribution in [0.4, 0.5) is 0 Å². The molecule has 1 aliphatic carbocycles. The van der Waals surface area contributed by atoms with Crippen molar-refractivity contribution in [3.05, 3.63) is 211 Å². The molecule has 0 N–H and O–H groups in total. The van der Waals surface area contributed by atoms with Crippen LogP contribution in [0.5, 0.6) is 0 Å². The summed E-state index contributed by atoms with van der Waals surface area (Å²) in [4.78, 5) is 15.8. The molecule has 12 aromatic rings. The topological polar surface area (TPSA) is 51.8 Å². The Labute approximate surface area is 402 Å². The van der Waals surface area contributed by atoms with Crippen LogP contribution in [-0.2, 0) is 10.8 Å². The summed E-state index contributed by atoms with van der Waals surface area (Å²) in [6.07, 6.45) is 2.33. The first kappa shape index (κ1) is 41.0. The minimum absolute atomic E-state index is 0.0713. The lowest BCUT2D eigenvalue weighted by molar-refractivity contribution is 0.332. The van der Waals surface area contributed by atoms with E-state index in [0.717, 1.165) is 83.5 Å². The fourth-order valence-electron chi connectivity index (χ4n) is 11.0. The van der Waals surface area contributed by atoms with Crippen molar-refractivity contribution in [1.29, 1.82) is 0 Å². The van der Waals surface area contributed by atoms with Crippen LogP contribution in [-0.4, -0.2) is 15.0 Å². The second-order valence-corrected chi connectivity index (χ2v) is 20.2. The zero-order valence-electron chi connectivity index (χ0n) is 39.2. The first-order chi connectivity index (χ1) is 33.6. The Morgan fingerprint density at radius 3 is 1.58 bits per heavy atom. The lowest BCUT2D eigenvalue weighted by Crippen LogP contribution is -2.33. The number of aromatic nitrogens is 3. The first-order valence-corrected chi connectivity index (χ1v) is 24.1. The Bertz CT molecular complexity index is 4030. The van der Waals surface area contributed by atoms with Crippen LogP contribution in [0.3, 0.4) is 0 Å². The maximum atomic E-state index is 6.77. The van der Waals surface area contributed by atoms with E-state index in [-0.39, 0.29) is 10.8 Å². The van der Waals surface area contributed by atoms with Gasteiger partial charge in [-0.15, -0.1) is 0 Å². The zero-order chi connectivity index (χ0) is 46.4. The van der Waals surface area contributed by atoms with Gasteiger partial charge in [0.25, 0.3) is 0 Å². The minimum Gasteiger partial charge on any atom is -0.455 e. The molecule has 13 rings (SSSR count). The third-order valence-electron chi connectivity index (χ3n) is 15.0. The molecular formula is C65H49N3O. The van der Waals surface area contributed by atoms with E-state index in [0.29, 0.717) is 17.5 Å². The van der Waals surface area contributed by atoms with Crippen LogP contribution < -0.4 is 0 Å². The van der Waals surface area contributed by atoms with Gasteiger partial charge in [0.05, 0.1) is 0 Å². The zero-order valence-corrected chi connectivity index (χ0v) is 39.2. The molecule has 10 aromatic carbocycles. The van der Waals surface area contributed by atoms with E-state index < -0.39 is 0 Å². The van der Waals surface area contributed by atoms with Gasteiger partial charge in [-0.3, -0.25) is 0 Å². The van der Waals surface area contributed by atoms with Crippen LogP contribution >= 0.6 is 0 Å². The van der Waals surface area contributed by atoms with E-state index in [2.05, 4.69) is 228 Å². The first-order valence-electron chi connectivity index (χ1n) is 24.1. The fraction of sp³-hybridized carbons (Fsp3) is 0.123. The molecule has 2 heterocycles. The fourth-order valence-corrected chi connectivity index (χ4v) is 11.0. The minimum atomic E-state index is 0.0713. The van der Waals surface area contributed by atoms with Gasteiger partial charge in [0, 0.05) is 33.0 Å². The SMILES string of the molecule is CC1(C)CCC(C)(C)c2cc(-c3cc(-c4ccc(-c5nc(-c6ccc(-c7ccc8ccccc8c7)cc6)nc(-c6ccc7ccccc7c6)n5)c5ccccc45)cc4c3oc3ccccc34)ccc21. The van der Waals surface area contributed by atoms with Gasteiger partial charge in [-0.1, -0.05) is 191 Å². The Kier molecular flexibility index (Phi) is 9.32. The monoisotopic (exact) mass is 887 g/mol. The van der Waals surface area contributed by atoms with Gasteiger partial charge < -0.3 is 4.42 Å². The lowest BCUT2D eigenvalue weighted by Gasteiger charge is -2.42. The molecule has 0 fully saturated rings. The summed E-state index contributed by atoms with van der Waals surface area (Å²) in [5, 5.41) is 9.17. The molecule has 0 aliphatic heterocycles. The van der Waals surface area contributed by atoms with E-state index in [1.54, 1.807) is 0 Å². The molecular weight excluding hydrogens is 839 g/mol. The highest BCUT2D eigenvalue weighted by molar-refractivity contribution is 6.13. The molecule has 0 bridgehead atoms. The summed E-state index contributed by atoms with van der Waals surface area (Å²) < 4.78 is 6.77. The van der Waals surface area contributed by atoms with E-state index >= 15 is 0 Å². The molecule has 2 aromatic heterocycles.